The van der Waals surface area contributed by atoms with Gasteiger partial charge in [0.1, 0.15) is 11.6 Å². The van der Waals surface area contributed by atoms with Crippen LogP contribution in [0.2, 0.25) is 0 Å². The summed E-state index contributed by atoms with van der Waals surface area (Å²) in [5.41, 5.74) is 1.86. The first-order chi connectivity index (χ1) is 12.4. The fourth-order valence-electron chi connectivity index (χ4n) is 2.21. The van der Waals surface area contributed by atoms with E-state index in [0.29, 0.717) is 23.1 Å². The first-order valence-corrected chi connectivity index (χ1v) is 7.53. The van der Waals surface area contributed by atoms with Crippen molar-refractivity contribution in [2.24, 2.45) is 0 Å². The number of alkyl halides is 3. The topological polar surface area (TPSA) is 72.0 Å². The lowest BCUT2D eigenvalue weighted by molar-refractivity contribution is -0.274. The maximum atomic E-state index is 12.4. The van der Waals surface area contributed by atoms with Gasteiger partial charge in [-0.3, -0.25) is 4.98 Å². The first-order valence-electron chi connectivity index (χ1n) is 7.53. The Balaban J connectivity index is 1.89. The van der Waals surface area contributed by atoms with Crippen molar-refractivity contribution in [3.8, 4) is 17.0 Å². The van der Waals surface area contributed by atoms with Gasteiger partial charge < -0.3 is 15.4 Å². The van der Waals surface area contributed by atoms with E-state index in [-0.39, 0.29) is 5.75 Å². The molecule has 2 aromatic heterocycles. The zero-order valence-corrected chi connectivity index (χ0v) is 13.6. The Kier molecular flexibility index (Phi) is 4.87. The average Bonchev–Trinajstić information content (AvgIpc) is 2.61. The minimum Gasteiger partial charge on any atom is -0.406 e. The molecule has 3 aromatic rings. The van der Waals surface area contributed by atoms with E-state index in [9.17, 15) is 13.2 Å². The molecule has 0 unspecified atom stereocenters. The molecule has 1 aromatic carbocycles. The molecule has 26 heavy (non-hydrogen) atoms. The number of pyridine rings is 1. The van der Waals surface area contributed by atoms with E-state index in [1.807, 2.05) is 0 Å². The summed E-state index contributed by atoms with van der Waals surface area (Å²) in [6.07, 6.45) is -1.47. The second-order valence-corrected chi connectivity index (χ2v) is 5.15. The summed E-state index contributed by atoms with van der Waals surface area (Å²) in [7, 11) is 1.67. The molecule has 0 saturated carbocycles. The lowest BCUT2D eigenvalue weighted by Crippen LogP contribution is -2.17. The standard InChI is InChI=1S/C17H14F3N5O/c1-21-16-24-14(11-5-7-22-8-6-11)10-15(25-16)23-12-3-2-4-13(9-12)26-17(18,19)20/h2-10H,1H3,(H2,21,23,24,25). The normalized spacial score (nSPS) is 11.1. The molecule has 0 amide bonds. The highest BCUT2D eigenvalue weighted by atomic mass is 19.4. The Morgan fingerprint density at radius 3 is 2.46 bits per heavy atom. The van der Waals surface area contributed by atoms with Crippen LogP contribution in [-0.4, -0.2) is 28.4 Å². The first kappa shape index (κ1) is 17.5. The van der Waals surface area contributed by atoms with Crippen molar-refractivity contribution in [3.63, 3.8) is 0 Å². The summed E-state index contributed by atoms with van der Waals surface area (Å²) >= 11 is 0. The molecule has 3 rings (SSSR count). The molecular weight excluding hydrogens is 347 g/mol. The van der Waals surface area contributed by atoms with Gasteiger partial charge in [0.15, 0.2) is 0 Å². The van der Waals surface area contributed by atoms with Crippen LogP contribution in [-0.2, 0) is 0 Å². The number of hydrogen-bond acceptors (Lipinski definition) is 6. The molecule has 0 aliphatic rings. The third-order valence-corrected chi connectivity index (χ3v) is 3.27. The molecule has 0 radical (unpaired) electrons. The maximum Gasteiger partial charge on any atom is 0.573 e. The van der Waals surface area contributed by atoms with Gasteiger partial charge in [0.2, 0.25) is 5.95 Å². The van der Waals surface area contributed by atoms with Crippen LogP contribution in [0.3, 0.4) is 0 Å². The molecule has 6 nitrogen and oxygen atoms in total. The monoisotopic (exact) mass is 361 g/mol. The summed E-state index contributed by atoms with van der Waals surface area (Å²) in [5, 5.41) is 5.82. The zero-order chi connectivity index (χ0) is 18.6. The number of nitrogens with zero attached hydrogens (tertiary/aromatic N) is 3. The molecule has 2 N–H and O–H groups in total. The molecular formula is C17H14F3N5O. The van der Waals surface area contributed by atoms with E-state index >= 15 is 0 Å². The second kappa shape index (κ2) is 7.26. The molecule has 0 bridgehead atoms. The van der Waals surface area contributed by atoms with Gasteiger partial charge in [-0.2, -0.15) is 4.98 Å². The third kappa shape index (κ3) is 4.59. The van der Waals surface area contributed by atoms with Crippen molar-refractivity contribution < 1.29 is 17.9 Å². The Bertz CT molecular complexity index is 887. The molecule has 9 heteroatoms. The van der Waals surface area contributed by atoms with Crippen LogP contribution in [0.4, 0.5) is 30.6 Å². The fourth-order valence-corrected chi connectivity index (χ4v) is 2.21. The second-order valence-electron chi connectivity index (χ2n) is 5.15. The number of aromatic nitrogens is 3. The van der Waals surface area contributed by atoms with Gasteiger partial charge in [0, 0.05) is 42.8 Å². The number of rotatable bonds is 5. The smallest absolute Gasteiger partial charge is 0.406 e. The number of hydrogen-bond donors (Lipinski definition) is 2. The van der Waals surface area contributed by atoms with Gasteiger partial charge in [-0.05, 0) is 24.3 Å². The summed E-state index contributed by atoms with van der Waals surface area (Å²) in [4.78, 5) is 12.6. The van der Waals surface area contributed by atoms with Gasteiger partial charge in [0.05, 0.1) is 5.69 Å². The minimum atomic E-state index is -4.75. The number of halogens is 3. The van der Waals surface area contributed by atoms with Crippen molar-refractivity contribution >= 4 is 17.5 Å². The Morgan fingerprint density at radius 1 is 1.00 bits per heavy atom. The van der Waals surface area contributed by atoms with Gasteiger partial charge >= 0.3 is 6.36 Å². The van der Waals surface area contributed by atoms with Crippen LogP contribution in [0.15, 0.2) is 54.9 Å². The molecule has 134 valence electrons. The molecule has 0 aliphatic carbocycles. The Morgan fingerprint density at radius 2 is 1.77 bits per heavy atom. The van der Waals surface area contributed by atoms with Crippen LogP contribution in [0.25, 0.3) is 11.3 Å². The SMILES string of the molecule is CNc1nc(Nc2cccc(OC(F)(F)F)c2)cc(-c2ccncc2)n1. The van der Waals surface area contributed by atoms with Crippen molar-refractivity contribution in [1.29, 1.82) is 0 Å². The van der Waals surface area contributed by atoms with Crippen LogP contribution in [0, 0.1) is 0 Å². The van der Waals surface area contributed by atoms with E-state index < -0.39 is 6.36 Å². The summed E-state index contributed by atoms with van der Waals surface area (Å²) in [6, 6.07) is 10.8. The van der Waals surface area contributed by atoms with Crippen molar-refractivity contribution in [1.82, 2.24) is 15.0 Å². The summed E-state index contributed by atoms with van der Waals surface area (Å²) in [5.74, 6) is 0.463. The highest BCUT2D eigenvalue weighted by Gasteiger charge is 2.31. The van der Waals surface area contributed by atoms with Gasteiger partial charge in [-0.15, -0.1) is 13.2 Å². The average molecular weight is 361 g/mol. The van der Waals surface area contributed by atoms with Crippen LogP contribution >= 0.6 is 0 Å². The van der Waals surface area contributed by atoms with Crippen molar-refractivity contribution in [3.05, 3.63) is 54.9 Å². The van der Waals surface area contributed by atoms with Crippen molar-refractivity contribution in [2.75, 3.05) is 17.7 Å². The van der Waals surface area contributed by atoms with Crippen LogP contribution in [0.1, 0.15) is 0 Å². The van der Waals surface area contributed by atoms with Crippen LogP contribution in [0.5, 0.6) is 5.75 Å². The van der Waals surface area contributed by atoms with E-state index in [4.69, 9.17) is 0 Å². The maximum absolute atomic E-state index is 12.4. The fraction of sp³-hybridized carbons (Fsp3) is 0.118. The number of ether oxygens (including phenoxy) is 1. The van der Waals surface area contributed by atoms with E-state index in [2.05, 4.69) is 30.3 Å². The van der Waals surface area contributed by atoms with Gasteiger partial charge in [-0.25, -0.2) is 4.98 Å². The summed E-state index contributed by atoms with van der Waals surface area (Å²) in [6.45, 7) is 0. The number of nitrogens with one attached hydrogen (secondary N) is 2. The lowest BCUT2D eigenvalue weighted by atomic mass is 10.2. The molecule has 0 atom stereocenters. The summed E-state index contributed by atoms with van der Waals surface area (Å²) < 4.78 is 41.0. The predicted molar refractivity (Wildman–Crippen MR) is 91.2 cm³/mol. The molecule has 0 saturated heterocycles. The Labute approximate surface area is 147 Å². The van der Waals surface area contributed by atoms with Crippen molar-refractivity contribution in [2.45, 2.75) is 6.36 Å². The van der Waals surface area contributed by atoms with Gasteiger partial charge in [0.25, 0.3) is 0 Å². The number of anilines is 3. The third-order valence-electron chi connectivity index (χ3n) is 3.27. The molecule has 0 fully saturated rings. The lowest BCUT2D eigenvalue weighted by Gasteiger charge is -2.12. The van der Waals surface area contributed by atoms with E-state index in [0.717, 1.165) is 5.56 Å². The van der Waals surface area contributed by atoms with Crippen LogP contribution < -0.4 is 15.4 Å². The molecule has 2 heterocycles. The Hall–Kier alpha value is -3.36. The predicted octanol–water partition coefficient (Wildman–Crippen LogP) is 4.22. The highest BCUT2D eigenvalue weighted by molar-refractivity contribution is 5.67. The minimum absolute atomic E-state index is 0.320. The quantitative estimate of drug-likeness (QED) is 0.709. The molecule has 0 spiro atoms. The van der Waals surface area contributed by atoms with E-state index in [1.165, 1.54) is 18.2 Å². The van der Waals surface area contributed by atoms with Gasteiger partial charge in [-0.1, -0.05) is 6.07 Å². The largest absolute Gasteiger partial charge is 0.573 e. The molecule has 0 aliphatic heterocycles. The zero-order valence-electron chi connectivity index (χ0n) is 13.6. The van der Waals surface area contributed by atoms with E-state index in [1.54, 1.807) is 43.7 Å². The highest BCUT2D eigenvalue weighted by Crippen LogP contribution is 2.27. The number of benzene rings is 1.